The third-order valence-corrected chi connectivity index (χ3v) is 2.61. The zero-order valence-corrected chi connectivity index (χ0v) is 22.2. The maximum Gasteiger partial charge on any atom is 1.00 e. The first-order valence-electron chi connectivity index (χ1n) is 7.82. The Labute approximate surface area is 251 Å². The fourth-order valence-electron chi connectivity index (χ4n) is 1.55. The molecule has 196 valence electrons. The Bertz CT molecular complexity index is 704. The Morgan fingerprint density at radius 1 is 0.743 bits per heavy atom. The Morgan fingerprint density at radius 3 is 1.29 bits per heavy atom. The van der Waals surface area contributed by atoms with Gasteiger partial charge < -0.3 is 31.0 Å². The average molecular weight is 529 g/mol. The second-order valence-corrected chi connectivity index (χ2v) is 4.45. The third-order valence-electron chi connectivity index (χ3n) is 2.61. The van der Waals surface area contributed by atoms with Crippen LogP contribution < -0.4 is 59.1 Å². The van der Waals surface area contributed by atoms with Gasteiger partial charge in [-0.25, -0.2) is 9.59 Å². The van der Waals surface area contributed by atoms with Gasteiger partial charge in [-0.3, -0.25) is 15.4 Å². The van der Waals surface area contributed by atoms with Gasteiger partial charge >= 0.3 is 71.1 Å². The number of carbonyl (C=O) groups excluding carboxylic acids is 2. The van der Waals surface area contributed by atoms with Crippen LogP contribution in [0.15, 0.2) is 48.5 Å². The number of ether oxygens (including phenoxy) is 1. The van der Waals surface area contributed by atoms with Crippen molar-refractivity contribution in [3.8, 4) is 11.5 Å². The number of para-hydroxylation sites is 2. The number of phenols is 2. The third kappa shape index (κ3) is 27.2. The molecule has 0 unspecified atom stereocenters. The summed E-state index contributed by atoms with van der Waals surface area (Å²) in [6.07, 6.45) is 0. The summed E-state index contributed by atoms with van der Waals surface area (Å²) in [5.41, 5.74) is 0.148. The second-order valence-electron chi connectivity index (χ2n) is 4.45. The van der Waals surface area contributed by atoms with E-state index in [1.165, 1.54) is 24.3 Å². The minimum atomic E-state index is -0.969. The zero-order valence-electron chi connectivity index (χ0n) is 18.2. The van der Waals surface area contributed by atoms with Crippen LogP contribution in [0.25, 0.3) is 0 Å². The largest absolute Gasteiger partial charge is 1.00 e. The molecule has 0 aromatic heterocycles. The standard InChI is InChI=1S/C9H10O3.C7H6O4.C2H6O.3CH4.2Na.H2O2.2H2O/c1-2-12-9(11)7-5-3-4-6-8(7)10;8-6-4-2-1-3-5(6)7(9)11-10;1-2-3;;;;;;1-2;;/h3-6,10H,2H2,1H3;1-4,8,10H;3H,2H2,1H3;3*1H4;;;1-2H;2*1H2/q;;;;;;2*+1;;;/p-2. The van der Waals surface area contributed by atoms with E-state index in [4.69, 9.17) is 30.7 Å². The summed E-state index contributed by atoms with van der Waals surface area (Å²) >= 11 is 0. The van der Waals surface area contributed by atoms with Gasteiger partial charge in [0.25, 0.3) is 0 Å². The first-order chi connectivity index (χ1) is 13.4. The van der Waals surface area contributed by atoms with Crippen LogP contribution >= 0.6 is 0 Å². The molecule has 2 rings (SSSR count). The molecule has 0 fully saturated rings. The van der Waals surface area contributed by atoms with E-state index >= 15 is 0 Å². The normalized spacial score (nSPS) is 6.80. The van der Waals surface area contributed by atoms with Gasteiger partial charge in [0.15, 0.2) is 0 Å². The summed E-state index contributed by atoms with van der Waals surface area (Å²) < 4.78 is 4.71. The predicted octanol–water partition coefficient (Wildman–Crippen LogP) is -1.83. The van der Waals surface area contributed by atoms with Crippen molar-refractivity contribution >= 4 is 11.9 Å². The van der Waals surface area contributed by atoms with Gasteiger partial charge in [0, 0.05) is 6.61 Å². The average Bonchev–Trinajstić information content (AvgIpc) is 2.71. The van der Waals surface area contributed by atoms with Crippen molar-refractivity contribution in [1.29, 1.82) is 0 Å². The number of phenolic OH excluding ortho intramolecular Hbond substituents is 2. The molecule has 0 radical (unpaired) electrons. The molecule has 2 aromatic rings. The molecule has 8 N–H and O–H groups in total. The van der Waals surface area contributed by atoms with Crippen LogP contribution in [0, 0.1) is 0 Å². The number of hydrogen-bond acceptors (Lipinski definition) is 12. The van der Waals surface area contributed by atoms with Crippen LogP contribution in [-0.2, 0) is 9.62 Å². The topological polar surface area (TPSA) is 234 Å². The fraction of sp³-hybridized carbons (Fsp3) is 0.333. The van der Waals surface area contributed by atoms with E-state index in [-0.39, 0.29) is 122 Å². The van der Waals surface area contributed by atoms with Crippen LogP contribution in [0.2, 0.25) is 0 Å². The molecule has 2 aromatic carbocycles. The summed E-state index contributed by atoms with van der Waals surface area (Å²) in [5.74, 6) is -1.72. The Morgan fingerprint density at radius 2 is 1.03 bits per heavy atom. The summed E-state index contributed by atoms with van der Waals surface area (Å²) in [6.45, 7) is 3.96. The Kier molecular flexibility index (Phi) is 67.4. The molecule has 35 heavy (non-hydrogen) atoms. The molecule has 0 amide bonds. The van der Waals surface area contributed by atoms with Gasteiger partial charge in [-0.05, 0) is 38.1 Å². The summed E-state index contributed by atoms with van der Waals surface area (Å²) in [5, 5.41) is 45.7. The first-order valence-corrected chi connectivity index (χ1v) is 7.82. The van der Waals surface area contributed by atoms with Crippen LogP contribution in [0.3, 0.4) is 0 Å². The van der Waals surface area contributed by atoms with Crippen molar-refractivity contribution in [1.82, 2.24) is 0 Å². The molecule has 0 aliphatic rings. The Hall–Kier alpha value is -1.26. The van der Waals surface area contributed by atoms with Crippen LogP contribution in [0.1, 0.15) is 56.8 Å². The van der Waals surface area contributed by atoms with Crippen molar-refractivity contribution < 1.29 is 120 Å². The summed E-state index contributed by atoms with van der Waals surface area (Å²) in [7, 11) is 0. The van der Waals surface area contributed by atoms with Crippen molar-refractivity contribution in [3.05, 3.63) is 59.7 Å². The number of aliphatic hydroxyl groups excluding tert-OH is 1. The van der Waals surface area contributed by atoms with Gasteiger partial charge in [0.2, 0.25) is 0 Å². The molecule has 12 nitrogen and oxygen atoms in total. The molecular formula is C21H38Na2O12. The van der Waals surface area contributed by atoms with Crippen molar-refractivity contribution in [2.75, 3.05) is 13.2 Å². The fourth-order valence-corrected chi connectivity index (χ4v) is 1.55. The van der Waals surface area contributed by atoms with Gasteiger partial charge in [0.1, 0.15) is 22.6 Å². The van der Waals surface area contributed by atoms with E-state index in [1.54, 1.807) is 38.1 Å². The van der Waals surface area contributed by atoms with Crippen LogP contribution in [0.5, 0.6) is 11.5 Å². The quantitative estimate of drug-likeness (QED) is 0.112. The molecule has 0 aliphatic heterocycles. The molecular weight excluding hydrogens is 490 g/mol. The predicted molar refractivity (Wildman–Crippen MR) is 122 cm³/mol. The maximum atomic E-state index is 11.1. The van der Waals surface area contributed by atoms with Crippen molar-refractivity contribution in [2.45, 2.75) is 36.1 Å². The minimum absolute atomic E-state index is 0. The van der Waals surface area contributed by atoms with E-state index in [1.807, 2.05) is 0 Å². The summed E-state index contributed by atoms with van der Waals surface area (Å²) in [6, 6.07) is 12.1. The zero-order chi connectivity index (χ0) is 21.9. The van der Waals surface area contributed by atoms with Crippen LogP contribution in [0.4, 0.5) is 0 Å². The van der Waals surface area contributed by atoms with Crippen molar-refractivity contribution in [2.24, 2.45) is 0 Å². The number of esters is 1. The van der Waals surface area contributed by atoms with E-state index in [2.05, 4.69) is 4.89 Å². The smallest absolute Gasteiger partial charge is 0.870 e. The van der Waals surface area contributed by atoms with Crippen molar-refractivity contribution in [3.63, 3.8) is 0 Å². The molecule has 0 saturated heterocycles. The maximum absolute atomic E-state index is 11.1. The monoisotopic (exact) mass is 528 g/mol. The molecule has 0 bridgehead atoms. The van der Waals surface area contributed by atoms with E-state index in [0.29, 0.717) is 6.61 Å². The number of hydrogen-bond donors (Lipinski definition) is 6. The van der Waals surface area contributed by atoms with Gasteiger partial charge in [0.05, 0.1) is 6.61 Å². The van der Waals surface area contributed by atoms with E-state index in [0.717, 1.165) is 0 Å². The van der Waals surface area contributed by atoms with Gasteiger partial charge in [-0.1, -0.05) is 46.5 Å². The molecule has 0 heterocycles. The number of aliphatic hydroxyl groups is 1. The van der Waals surface area contributed by atoms with Gasteiger partial charge in [-0.15, -0.1) is 0 Å². The molecule has 14 heteroatoms. The van der Waals surface area contributed by atoms with E-state index < -0.39 is 11.9 Å². The molecule has 0 aliphatic carbocycles. The first kappa shape index (κ1) is 59.1. The molecule has 0 atom stereocenters. The molecule has 0 spiro atoms. The SMILES string of the molecule is C.C.C.CCO.CCOC(=O)c1ccccc1O.O=C(OO)c1ccccc1O.OO.[Na+].[Na+].[OH-].[OH-]. The van der Waals surface area contributed by atoms with Gasteiger partial charge in [-0.2, -0.15) is 5.26 Å². The Balaban J connectivity index is -0.0000000398. The number of rotatable bonds is 3. The van der Waals surface area contributed by atoms with Crippen LogP contribution in [-0.4, -0.2) is 67.2 Å². The molecule has 0 saturated carbocycles. The number of benzene rings is 2. The number of carbonyl (C=O) groups is 2. The minimum Gasteiger partial charge on any atom is -0.870 e. The number of aromatic hydroxyl groups is 2. The van der Waals surface area contributed by atoms with E-state index in [9.17, 15) is 14.7 Å². The summed E-state index contributed by atoms with van der Waals surface area (Å²) in [4.78, 5) is 25.1. The second kappa shape index (κ2) is 39.9.